The summed E-state index contributed by atoms with van der Waals surface area (Å²) in [5.41, 5.74) is 5.90. The van der Waals surface area contributed by atoms with Crippen molar-refractivity contribution in [1.29, 1.82) is 5.41 Å². The lowest BCUT2D eigenvalue weighted by atomic mass is 10.1. The second-order valence-corrected chi connectivity index (χ2v) is 5.56. The van der Waals surface area contributed by atoms with Gasteiger partial charge in [-0.1, -0.05) is 23.2 Å². The van der Waals surface area contributed by atoms with Crippen LogP contribution in [0.1, 0.15) is 12.0 Å². The molecule has 0 saturated heterocycles. The zero-order chi connectivity index (χ0) is 15.6. The highest BCUT2D eigenvalue weighted by molar-refractivity contribution is 6.64. The average molecular weight is 335 g/mol. The molecule has 0 aliphatic carbocycles. The van der Waals surface area contributed by atoms with Crippen LogP contribution in [-0.4, -0.2) is 35.0 Å². The molecule has 0 saturated carbocycles. The summed E-state index contributed by atoms with van der Waals surface area (Å²) in [6.07, 6.45) is 0.172. The van der Waals surface area contributed by atoms with Gasteiger partial charge in [-0.3, -0.25) is 15.3 Å². The number of nitrogens with two attached hydrogens (primary N) is 1. The number of nitrogens with zero attached hydrogens (tertiary/aromatic N) is 2. The molecule has 0 spiro atoms. The van der Waals surface area contributed by atoms with Crippen LogP contribution in [0.4, 0.5) is 8.78 Å². The van der Waals surface area contributed by atoms with Gasteiger partial charge in [-0.15, -0.1) is 0 Å². The second-order valence-electron chi connectivity index (χ2n) is 4.72. The van der Waals surface area contributed by atoms with Crippen LogP contribution < -0.4 is 5.73 Å². The van der Waals surface area contributed by atoms with Crippen molar-refractivity contribution in [2.24, 2.45) is 10.7 Å². The predicted octanol–water partition coefficient (Wildman–Crippen LogP) is 2.77. The number of hydrogen-bond acceptors (Lipinski definition) is 4. The van der Waals surface area contributed by atoms with Crippen molar-refractivity contribution in [2.45, 2.75) is 19.0 Å². The van der Waals surface area contributed by atoms with Crippen LogP contribution in [0.5, 0.6) is 0 Å². The minimum Gasteiger partial charge on any atom is -0.386 e. The van der Waals surface area contributed by atoms with Gasteiger partial charge in [0, 0.05) is 25.1 Å². The first-order valence-corrected chi connectivity index (χ1v) is 7.05. The quantitative estimate of drug-likeness (QED) is 0.656. The van der Waals surface area contributed by atoms with Crippen LogP contribution >= 0.6 is 23.2 Å². The summed E-state index contributed by atoms with van der Waals surface area (Å²) in [5.74, 6) is -0.921. The monoisotopic (exact) mass is 334 g/mol. The SMILES string of the molecule is N=C(Cl)CC1C(N)=NCCN1Cc1c(F)ccc(F)c1Cl. The molecule has 1 unspecified atom stereocenters. The predicted molar refractivity (Wildman–Crippen MR) is 80.3 cm³/mol. The summed E-state index contributed by atoms with van der Waals surface area (Å²) >= 11 is 11.5. The van der Waals surface area contributed by atoms with E-state index in [-0.39, 0.29) is 28.7 Å². The summed E-state index contributed by atoms with van der Waals surface area (Å²) in [5, 5.41) is 7.06. The minimum atomic E-state index is -0.673. The molecule has 0 aromatic heterocycles. The Morgan fingerprint density at radius 1 is 1.43 bits per heavy atom. The van der Waals surface area contributed by atoms with Crippen molar-refractivity contribution >= 4 is 34.2 Å². The Balaban J connectivity index is 2.27. The number of benzene rings is 1. The number of halogens is 4. The molecular formula is C13H14Cl2F2N4. The fourth-order valence-corrected chi connectivity index (χ4v) is 2.62. The van der Waals surface area contributed by atoms with Crippen LogP contribution in [0, 0.1) is 17.0 Å². The van der Waals surface area contributed by atoms with Crippen molar-refractivity contribution in [3.05, 3.63) is 34.4 Å². The highest BCUT2D eigenvalue weighted by atomic mass is 35.5. The molecule has 1 atom stereocenters. The minimum absolute atomic E-state index is 0.0671. The molecule has 3 N–H and O–H groups in total. The highest BCUT2D eigenvalue weighted by Crippen LogP contribution is 2.26. The van der Waals surface area contributed by atoms with Crippen molar-refractivity contribution in [2.75, 3.05) is 13.1 Å². The molecule has 0 amide bonds. The number of aliphatic imine (C=N–C) groups is 1. The van der Waals surface area contributed by atoms with E-state index in [9.17, 15) is 8.78 Å². The Morgan fingerprint density at radius 3 is 2.76 bits per heavy atom. The van der Waals surface area contributed by atoms with E-state index in [0.717, 1.165) is 12.1 Å². The molecule has 2 rings (SSSR count). The zero-order valence-corrected chi connectivity index (χ0v) is 12.6. The summed E-state index contributed by atoms with van der Waals surface area (Å²) in [6, 6.07) is 1.61. The van der Waals surface area contributed by atoms with Crippen LogP contribution in [0.25, 0.3) is 0 Å². The van der Waals surface area contributed by atoms with E-state index in [0.29, 0.717) is 18.9 Å². The summed E-state index contributed by atoms with van der Waals surface area (Å²) in [4.78, 5) is 5.91. The lowest BCUT2D eigenvalue weighted by molar-refractivity contribution is 0.229. The lowest BCUT2D eigenvalue weighted by Crippen LogP contribution is -2.49. The van der Waals surface area contributed by atoms with Gasteiger partial charge < -0.3 is 5.73 Å². The Labute approximate surface area is 131 Å². The van der Waals surface area contributed by atoms with E-state index in [2.05, 4.69) is 4.99 Å². The van der Waals surface area contributed by atoms with Gasteiger partial charge >= 0.3 is 0 Å². The Hall–Kier alpha value is -1.24. The molecular weight excluding hydrogens is 321 g/mol. The smallest absolute Gasteiger partial charge is 0.142 e. The van der Waals surface area contributed by atoms with E-state index < -0.39 is 17.7 Å². The average Bonchev–Trinajstić information content (AvgIpc) is 2.42. The number of rotatable bonds is 4. The van der Waals surface area contributed by atoms with Crippen LogP contribution in [0.2, 0.25) is 5.02 Å². The van der Waals surface area contributed by atoms with E-state index in [4.69, 9.17) is 34.3 Å². The maximum atomic E-state index is 13.9. The summed E-state index contributed by atoms with van der Waals surface area (Å²) in [7, 11) is 0. The van der Waals surface area contributed by atoms with Crippen molar-refractivity contribution in [3.8, 4) is 0 Å². The first kappa shape index (κ1) is 16.1. The highest BCUT2D eigenvalue weighted by Gasteiger charge is 2.28. The van der Waals surface area contributed by atoms with E-state index in [1.54, 1.807) is 4.90 Å². The molecule has 1 aliphatic rings. The van der Waals surface area contributed by atoms with Crippen molar-refractivity contribution in [1.82, 2.24) is 4.90 Å². The topological polar surface area (TPSA) is 65.5 Å². The molecule has 1 aliphatic heterocycles. The first-order valence-electron chi connectivity index (χ1n) is 6.29. The van der Waals surface area contributed by atoms with Gasteiger partial charge in [0.1, 0.15) is 17.5 Å². The van der Waals surface area contributed by atoms with Crippen LogP contribution in [-0.2, 0) is 6.54 Å². The van der Waals surface area contributed by atoms with Gasteiger partial charge in [-0.05, 0) is 12.1 Å². The Morgan fingerprint density at radius 2 is 2.10 bits per heavy atom. The maximum Gasteiger partial charge on any atom is 0.142 e. The van der Waals surface area contributed by atoms with Gasteiger partial charge in [0.15, 0.2) is 0 Å². The van der Waals surface area contributed by atoms with Gasteiger partial charge in [-0.25, -0.2) is 8.78 Å². The molecule has 0 bridgehead atoms. The van der Waals surface area contributed by atoms with Gasteiger partial charge in [-0.2, -0.15) is 0 Å². The number of nitrogens with one attached hydrogen (secondary N) is 1. The van der Waals surface area contributed by atoms with Crippen molar-refractivity contribution < 1.29 is 8.78 Å². The number of hydrogen-bond donors (Lipinski definition) is 2. The largest absolute Gasteiger partial charge is 0.386 e. The fraction of sp³-hybridized carbons (Fsp3) is 0.385. The van der Waals surface area contributed by atoms with Crippen molar-refractivity contribution in [3.63, 3.8) is 0 Å². The Bertz CT molecular complexity index is 592. The first-order chi connectivity index (χ1) is 9.90. The molecule has 1 aromatic rings. The molecule has 1 heterocycles. The molecule has 4 nitrogen and oxygen atoms in total. The lowest BCUT2D eigenvalue weighted by Gasteiger charge is -2.34. The van der Waals surface area contributed by atoms with E-state index >= 15 is 0 Å². The normalized spacial score (nSPS) is 19.4. The second kappa shape index (κ2) is 6.68. The number of amidine groups is 1. The fourth-order valence-electron chi connectivity index (χ4n) is 2.27. The summed E-state index contributed by atoms with van der Waals surface area (Å²) in [6.45, 7) is 1.03. The van der Waals surface area contributed by atoms with Gasteiger partial charge in [0.2, 0.25) is 0 Å². The molecule has 1 aromatic carbocycles. The zero-order valence-electron chi connectivity index (χ0n) is 11.0. The molecule has 0 radical (unpaired) electrons. The molecule has 0 fully saturated rings. The maximum absolute atomic E-state index is 13.9. The van der Waals surface area contributed by atoms with E-state index in [1.165, 1.54) is 0 Å². The third-order valence-electron chi connectivity index (χ3n) is 3.34. The standard InChI is InChI=1S/C13H14Cl2F2N4/c14-11(18)5-10-13(19)20-3-4-21(10)6-7-8(16)1-2-9(17)12(7)15/h1-2,10,18H,3-6H2,(H2,19,20). The Kier molecular flexibility index (Phi) is 5.13. The van der Waals surface area contributed by atoms with E-state index in [1.807, 2.05) is 0 Å². The van der Waals surface area contributed by atoms with Gasteiger partial charge in [0.05, 0.1) is 22.8 Å². The van der Waals surface area contributed by atoms with Crippen LogP contribution in [0.3, 0.4) is 0 Å². The third-order valence-corrected chi connectivity index (χ3v) is 3.90. The third kappa shape index (κ3) is 3.70. The molecule has 21 heavy (non-hydrogen) atoms. The molecule has 8 heteroatoms. The molecule has 114 valence electrons. The summed E-state index contributed by atoms with van der Waals surface area (Å²) < 4.78 is 27.3. The van der Waals surface area contributed by atoms with Crippen LogP contribution in [0.15, 0.2) is 17.1 Å². The van der Waals surface area contributed by atoms with Gasteiger partial charge in [0.25, 0.3) is 0 Å².